The highest BCUT2D eigenvalue weighted by atomic mass is 32.2. The van der Waals surface area contributed by atoms with Gasteiger partial charge < -0.3 is 24.4 Å². The summed E-state index contributed by atoms with van der Waals surface area (Å²) in [6.07, 6.45) is 1.67. The summed E-state index contributed by atoms with van der Waals surface area (Å²) in [7, 11) is -3.92. The minimum absolute atomic E-state index is 0.0297. The average molecular weight is 497 g/mol. The molecule has 2 aliphatic heterocycles. The van der Waals surface area contributed by atoms with Crippen molar-refractivity contribution in [2.45, 2.75) is 4.90 Å². The van der Waals surface area contributed by atoms with Crippen LogP contribution in [0.2, 0.25) is 0 Å². The van der Waals surface area contributed by atoms with Crippen LogP contribution in [-0.2, 0) is 14.8 Å². The number of carbonyl (C=O) groups excluding carboxylic acids is 1. The fourth-order valence-electron chi connectivity index (χ4n) is 3.85. The smallest absolute Gasteiger partial charge is 0.262 e. The van der Waals surface area contributed by atoms with Gasteiger partial charge in [0.15, 0.2) is 17.3 Å². The molecule has 0 saturated carbocycles. The van der Waals surface area contributed by atoms with Crippen LogP contribution < -0.4 is 24.4 Å². The highest BCUT2D eigenvalue weighted by Gasteiger charge is 2.21. The molecule has 0 bridgehead atoms. The van der Waals surface area contributed by atoms with Gasteiger partial charge in [-0.05, 0) is 42.5 Å². The number of rotatable bonds is 6. The lowest BCUT2D eigenvalue weighted by Crippen LogP contribution is -2.37. The van der Waals surface area contributed by atoms with Gasteiger partial charge in [0.25, 0.3) is 15.9 Å². The minimum Gasteiger partial charge on any atom is -0.486 e. The molecule has 1 fully saturated rings. The van der Waals surface area contributed by atoms with Crippen LogP contribution >= 0.6 is 0 Å². The maximum Gasteiger partial charge on any atom is 0.262 e. The summed E-state index contributed by atoms with van der Waals surface area (Å²) >= 11 is 0. The molecule has 0 unspecified atom stereocenters. The molecule has 0 spiro atoms. The van der Waals surface area contributed by atoms with Gasteiger partial charge in [0.2, 0.25) is 0 Å². The second-order valence-electron chi connectivity index (χ2n) is 7.92. The highest BCUT2D eigenvalue weighted by molar-refractivity contribution is 7.92. The van der Waals surface area contributed by atoms with E-state index in [2.05, 4.69) is 19.9 Å². The van der Waals surface area contributed by atoms with Gasteiger partial charge in [0.1, 0.15) is 13.2 Å². The summed E-state index contributed by atoms with van der Waals surface area (Å²) in [5.41, 5.74) is 1.12. The predicted molar refractivity (Wildman–Crippen MR) is 130 cm³/mol. The summed E-state index contributed by atoms with van der Waals surface area (Å²) in [5.74, 6) is 1.16. The molecule has 3 aromatic rings. The molecule has 3 heterocycles. The average Bonchev–Trinajstić information content (AvgIpc) is 2.89. The summed E-state index contributed by atoms with van der Waals surface area (Å²) in [4.78, 5) is 19.5. The van der Waals surface area contributed by atoms with Crippen LogP contribution in [0.1, 0.15) is 10.4 Å². The van der Waals surface area contributed by atoms with Crippen LogP contribution in [0.4, 0.5) is 17.2 Å². The molecule has 1 aromatic heterocycles. The monoisotopic (exact) mass is 496 g/mol. The van der Waals surface area contributed by atoms with E-state index >= 15 is 0 Å². The second kappa shape index (κ2) is 9.80. The van der Waals surface area contributed by atoms with Crippen LogP contribution in [0.3, 0.4) is 0 Å². The van der Waals surface area contributed by atoms with E-state index in [0.717, 1.165) is 0 Å². The number of benzene rings is 2. The number of amides is 1. The normalized spacial score (nSPS) is 15.4. The Balaban J connectivity index is 1.33. The summed E-state index contributed by atoms with van der Waals surface area (Å²) < 4.78 is 44.8. The SMILES string of the molecule is O=C(Nc1cccnc1N1CCOCC1)c1cccc(NS(=O)(=O)c2ccc3c(c2)OCCO3)c1. The Morgan fingerprint density at radius 3 is 2.54 bits per heavy atom. The molecule has 2 aliphatic rings. The standard InChI is InChI=1S/C24H24N4O6S/c29-24(26-20-5-2-8-25-23(20)28-9-11-32-12-10-28)17-3-1-4-18(15-17)27-35(30,31)19-6-7-21-22(16-19)34-14-13-33-21/h1-8,15-16,27H,9-14H2,(H,26,29). The number of carbonyl (C=O) groups is 1. The first kappa shape index (κ1) is 22.9. The fraction of sp³-hybridized carbons (Fsp3) is 0.250. The Morgan fingerprint density at radius 2 is 1.71 bits per heavy atom. The maximum atomic E-state index is 13.0. The van der Waals surface area contributed by atoms with E-state index in [1.807, 2.05) is 0 Å². The number of nitrogens with zero attached hydrogens (tertiary/aromatic N) is 2. The number of aromatic nitrogens is 1. The predicted octanol–water partition coefficient (Wildman–Crippen LogP) is 2.74. The van der Waals surface area contributed by atoms with Gasteiger partial charge in [-0.2, -0.15) is 0 Å². The number of pyridine rings is 1. The van der Waals surface area contributed by atoms with E-state index in [9.17, 15) is 13.2 Å². The van der Waals surface area contributed by atoms with E-state index in [1.165, 1.54) is 18.2 Å². The molecular weight excluding hydrogens is 472 g/mol. The molecule has 1 amide bonds. The second-order valence-corrected chi connectivity index (χ2v) is 9.60. The van der Waals surface area contributed by atoms with Gasteiger partial charge in [-0.15, -0.1) is 0 Å². The maximum absolute atomic E-state index is 13.0. The number of morpholine rings is 1. The molecule has 2 aromatic carbocycles. The molecule has 182 valence electrons. The molecule has 5 rings (SSSR count). The lowest BCUT2D eigenvalue weighted by atomic mass is 10.2. The Morgan fingerprint density at radius 1 is 0.914 bits per heavy atom. The first-order chi connectivity index (χ1) is 17.0. The molecule has 10 nitrogen and oxygen atoms in total. The molecule has 0 aliphatic carbocycles. The summed E-state index contributed by atoms with van der Waals surface area (Å²) in [6.45, 7) is 3.31. The van der Waals surface area contributed by atoms with Gasteiger partial charge in [-0.3, -0.25) is 9.52 Å². The number of anilines is 3. The molecule has 35 heavy (non-hydrogen) atoms. The zero-order valence-corrected chi connectivity index (χ0v) is 19.6. The number of fused-ring (bicyclic) bond motifs is 1. The van der Waals surface area contributed by atoms with Crippen molar-refractivity contribution in [2.75, 3.05) is 54.5 Å². The van der Waals surface area contributed by atoms with Crippen molar-refractivity contribution in [2.24, 2.45) is 0 Å². The van der Waals surface area contributed by atoms with E-state index in [1.54, 1.807) is 42.6 Å². The van der Waals surface area contributed by atoms with Crippen LogP contribution in [0.25, 0.3) is 0 Å². The minimum atomic E-state index is -3.92. The number of nitrogens with one attached hydrogen (secondary N) is 2. The van der Waals surface area contributed by atoms with E-state index < -0.39 is 10.0 Å². The molecule has 0 atom stereocenters. The van der Waals surface area contributed by atoms with Crippen molar-refractivity contribution in [3.63, 3.8) is 0 Å². The number of sulfonamides is 1. The third kappa shape index (κ3) is 5.15. The molecule has 0 radical (unpaired) electrons. The lowest BCUT2D eigenvalue weighted by molar-refractivity contribution is 0.102. The van der Waals surface area contributed by atoms with Gasteiger partial charge in [-0.25, -0.2) is 13.4 Å². The van der Waals surface area contributed by atoms with E-state index in [-0.39, 0.29) is 16.5 Å². The Labute approximate surface area is 202 Å². The highest BCUT2D eigenvalue weighted by Crippen LogP contribution is 2.33. The summed E-state index contributed by atoms with van der Waals surface area (Å²) in [5, 5.41) is 2.89. The van der Waals surface area contributed by atoms with Crippen LogP contribution in [0.15, 0.2) is 65.7 Å². The first-order valence-electron chi connectivity index (χ1n) is 11.1. The van der Waals surface area contributed by atoms with E-state index in [0.29, 0.717) is 68.1 Å². The van der Waals surface area contributed by atoms with Crippen molar-refractivity contribution in [3.05, 3.63) is 66.4 Å². The lowest BCUT2D eigenvalue weighted by Gasteiger charge is -2.29. The Bertz CT molecular complexity index is 1340. The molecule has 11 heteroatoms. The quantitative estimate of drug-likeness (QED) is 0.535. The number of hydrogen-bond donors (Lipinski definition) is 2. The van der Waals surface area contributed by atoms with Gasteiger partial charge in [0, 0.05) is 36.6 Å². The van der Waals surface area contributed by atoms with Crippen LogP contribution in [-0.4, -0.2) is 58.8 Å². The van der Waals surface area contributed by atoms with Gasteiger partial charge >= 0.3 is 0 Å². The summed E-state index contributed by atoms with van der Waals surface area (Å²) in [6, 6.07) is 14.2. The topological polar surface area (TPSA) is 119 Å². The van der Waals surface area contributed by atoms with Crippen LogP contribution in [0.5, 0.6) is 11.5 Å². The first-order valence-corrected chi connectivity index (χ1v) is 12.6. The Hall–Kier alpha value is -3.83. The van der Waals surface area contributed by atoms with Gasteiger partial charge in [-0.1, -0.05) is 6.07 Å². The Kier molecular flexibility index (Phi) is 6.43. The van der Waals surface area contributed by atoms with Gasteiger partial charge in [0.05, 0.1) is 23.8 Å². The van der Waals surface area contributed by atoms with Crippen LogP contribution in [0, 0.1) is 0 Å². The molecule has 2 N–H and O–H groups in total. The number of hydrogen-bond acceptors (Lipinski definition) is 8. The zero-order chi connectivity index (χ0) is 24.3. The van der Waals surface area contributed by atoms with Crippen molar-refractivity contribution >= 4 is 33.1 Å². The van der Waals surface area contributed by atoms with Crippen molar-refractivity contribution in [1.29, 1.82) is 0 Å². The third-order valence-electron chi connectivity index (χ3n) is 5.55. The number of ether oxygens (including phenoxy) is 3. The van der Waals surface area contributed by atoms with Crippen molar-refractivity contribution in [1.82, 2.24) is 4.98 Å². The largest absolute Gasteiger partial charge is 0.486 e. The zero-order valence-electron chi connectivity index (χ0n) is 18.8. The van der Waals surface area contributed by atoms with E-state index in [4.69, 9.17) is 14.2 Å². The van der Waals surface area contributed by atoms with Crippen molar-refractivity contribution < 1.29 is 27.4 Å². The fourth-order valence-corrected chi connectivity index (χ4v) is 4.91. The third-order valence-corrected chi connectivity index (χ3v) is 6.93. The van der Waals surface area contributed by atoms with Crippen molar-refractivity contribution in [3.8, 4) is 11.5 Å². The molecule has 1 saturated heterocycles. The molecular formula is C24H24N4O6S.